The maximum atomic E-state index is 14.3. The van der Waals surface area contributed by atoms with Crippen molar-refractivity contribution in [2.75, 3.05) is 5.32 Å². The van der Waals surface area contributed by atoms with Gasteiger partial charge in [-0.15, -0.1) is 0 Å². The number of halogens is 18. The van der Waals surface area contributed by atoms with Crippen molar-refractivity contribution in [3.05, 3.63) is 30.1 Å². The number of carbonyl (C=O) groups is 1. The molecular formula is C15H5F18NO3. The third kappa shape index (κ3) is 5.77. The molecule has 0 spiro atoms. The highest BCUT2D eigenvalue weighted by Gasteiger charge is 2.85. The van der Waals surface area contributed by atoms with E-state index in [1.165, 1.54) is 4.74 Å². The maximum Gasteiger partial charge on any atom is 0.462 e. The van der Waals surface area contributed by atoms with Gasteiger partial charge in [0, 0.05) is 0 Å². The molecule has 1 rings (SSSR count). The van der Waals surface area contributed by atoms with E-state index in [9.17, 15) is 83.8 Å². The highest BCUT2D eigenvalue weighted by molar-refractivity contribution is 5.97. The van der Waals surface area contributed by atoms with Crippen LogP contribution in [-0.2, 0) is 14.3 Å². The number of para-hydroxylation sites is 1. The molecule has 0 fully saturated rings. The second kappa shape index (κ2) is 9.27. The Labute approximate surface area is 190 Å². The Balaban J connectivity index is 3.64. The van der Waals surface area contributed by atoms with Crippen LogP contribution >= 0.6 is 0 Å². The largest absolute Gasteiger partial charge is 0.462 e. The van der Waals surface area contributed by atoms with E-state index in [0.717, 1.165) is 6.07 Å². The molecule has 0 aliphatic heterocycles. The molecule has 0 aromatic heterocycles. The number of ether oxygens (including phenoxy) is 2. The summed E-state index contributed by atoms with van der Waals surface area (Å²) >= 11 is 0. The fraction of sp³-hybridized carbons (Fsp3) is 0.533. The van der Waals surface area contributed by atoms with Gasteiger partial charge < -0.3 is 5.32 Å². The summed E-state index contributed by atoms with van der Waals surface area (Å²) < 4.78 is 238. The minimum Gasteiger partial charge on any atom is -0.318 e. The van der Waals surface area contributed by atoms with Crippen LogP contribution in [0.3, 0.4) is 0 Å². The number of anilines is 1. The zero-order valence-corrected chi connectivity index (χ0v) is 16.3. The van der Waals surface area contributed by atoms with Crippen LogP contribution in [-0.4, -0.2) is 54.3 Å². The molecule has 22 heteroatoms. The van der Waals surface area contributed by atoms with E-state index in [1.54, 1.807) is 0 Å². The fourth-order valence-electron chi connectivity index (χ4n) is 1.93. The molecule has 0 aliphatic carbocycles. The molecular weight excluding hydrogens is 584 g/mol. The van der Waals surface area contributed by atoms with Crippen LogP contribution in [0, 0.1) is 5.82 Å². The van der Waals surface area contributed by atoms with Gasteiger partial charge in [0.1, 0.15) is 5.82 Å². The van der Waals surface area contributed by atoms with E-state index in [4.69, 9.17) is 0 Å². The molecule has 214 valence electrons. The normalized spacial score (nSPS) is 17.7. The molecule has 0 saturated carbocycles. The third-order valence-corrected chi connectivity index (χ3v) is 3.78. The Hall–Kier alpha value is -2.65. The Morgan fingerprint density at radius 3 is 1.46 bits per heavy atom. The summed E-state index contributed by atoms with van der Waals surface area (Å²) in [6.45, 7) is 0. The van der Waals surface area contributed by atoms with E-state index < -0.39 is 65.8 Å². The molecule has 1 aromatic rings. The van der Waals surface area contributed by atoms with Crippen molar-refractivity contribution in [3.63, 3.8) is 0 Å². The van der Waals surface area contributed by atoms with Gasteiger partial charge >= 0.3 is 48.4 Å². The van der Waals surface area contributed by atoms with Crippen LogP contribution < -0.4 is 5.32 Å². The molecule has 0 heterocycles. The van der Waals surface area contributed by atoms with Crippen molar-refractivity contribution >= 4 is 11.6 Å². The Bertz CT molecular complexity index is 986. The van der Waals surface area contributed by atoms with E-state index in [0.29, 0.717) is 23.5 Å². The second-order valence-electron chi connectivity index (χ2n) is 6.43. The van der Waals surface area contributed by atoms with E-state index in [2.05, 4.69) is 0 Å². The van der Waals surface area contributed by atoms with Crippen LogP contribution in [0.4, 0.5) is 84.7 Å². The monoisotopic (exact) mass is 589 g/mol. The van der Waals surface area contributed by atoms with Gasteiger partial charge in [0.05, 0.1) is 5.69 Å². The number of hydrogen-bond acceptors (Lipinski definition) is 3. The maximum absolute atomic E-state index is 14.3. The summed E-state index contributed by atoms with van der Waals surface area (Å²) in [7, 11) is 0. The van der Waals surface area contributed by atoms with Crippen molar-refractivity contribution in [1.29, 1.82) is 0 Å². The number of benzene rings is 1. The molecule has 1 amide bonds. The van der Waals surface area contributed by atoms with Crippen molar-refractivity contribution in [1.82, 2.24) is 0 Å². The molecule has 37 heavy (non-hydrogen) atoms. The Morgan fingerprint density at radius 1 is 0.622 bits per heavy atom. The summed E-state index contributed by atoms with van der Waals surface area (Å²) in [6.07, 6.45) is -38.9. The van der Waals surface area contributed by atoms with Gasteiger partial charge in [-0.2, -0.15) is 74.6 Å². The van der Waals surface area contributed by atoms with Crippen LogP contribution in [0.15, 0.2) is 24.3 Å². The number of alkyl halides is 17. The first-order chi connectivity index (χ1) is 16.1. The average Bonchev–Trinajstić information content (AvgIpc) is 2.66. The summed E-state index contributed by atoms with van der Waals surface area (Å²) in [6, 6.07) is 2.08. The van der Waals surface area contributed by atoms with E-state index in [1.807, 2.05) is 4.74 Å². The van der Waals surface area contributed by atoms with Crippen molar-refractivity contribution in [2.45, 2.75) is 48.4 Å². The molecule has 0 radical (unpaired) electrons. The predicted molar refractivity (Wildman–Crippen MR) is 77.9 cm³/mol. The topological polar surface area (TPSA) is 47.6 Å². The third-order valence-electron chi connectivity index (χ3n) is 3.78. The van der Waals surface area contributed by atoms with Crippen LogP contribution in [0.2, 0.25) is 0 Å². The SMILES string of the molecule is O=C(Nc1ccccc1F)[C@@](F)(OC(F)(F)[C@@](F)(OC(F)(F)C(F)(F)C(F)(F)F)C(F)(F)F)C(F)(F)F. The second-order valence-corrected chi connectivity index (χ2v) is 6.43. The lowest BCUT2D eigenvalue weighted by molar-refractivity contribution is -0.548. The van der Waals surface area contributed by atoms with Crippen molar-refractivity contribution in [2.24, 2.45) is 0 Å². The quantitative estimate of drug-likeness (QED) is 0.347. The number of rotatable bonds is 8. The first-order valence-electron chi connectivity index (χ1n) is 8.25. The highest BCUT2D eigenvalue weighted by atomic mass is 19.4. The standard InChI is InChI=1S/C15H5F18NO3/c16-5-3-1-2-4-6(5)34-7(35)8(17,11(21,22)23)36-15(32,33)10(20,13(27,28)29)37-14(30,31)9(18,19)12(24,25)26/h1-4H,(H,34,35)/t8-,10+/m1/s1. The average molecular weight is 589 g/mol. The van der Waals surface area contributed by atoms with Gasteiger partial charge in [-0.3, -0.25) is 14.3 Å². The highest BCUT2D eigenvalue weighted by Crippen LogP contribution is 2.56. The van der Waals surface area contributed by atoms with Gasteiger partial charge in [0.25, 0.3) is 5.91 Å². The predicted octanol–water partition coefficient (Wildman–Crippen LogP) is 6.64. The fourth-order valence-corrected chi connectivity index (χ4v) is 1.93. The first kappa shape index (κ1) is 32.4. The lowest BCUT2D eigenvalue weighted by Crippen LogP contribution is -2.68. The molecule has 1 aromatic carbocycles. The lowest BCUT2D eigenvalue weighted by atomic mass is 10.2. The molecule has 0 saturated heterocycles. The number of carbonyl (C=O) groups excluding carboxylic acids is 1. The summed E-state index contributed by atoms with van der Waals surface area (Å²) in [5.74, 6) is -28.5. The molecule has 1 N–H and O–H groups in total. The van der Waals surface area contributed by atoms with Gasteiger partial charge in [0.15, 0.2) is 0 Å². The Kier molecular flexibility index (Phi) is 8.11. The summed E-state index contributed by atoms with van der Waals surface area (Å²) in [5.41, 5.74) is -1.51. The van der Waals surface area contributed by atoms with Gasteiger partial charge in [0.2, 0.25) is 0 Å². The van der Waals surface area contributed by atoms with Crippen molar-refractivity contribution < 1.29 is 93.3 Å². The van der Waals surface area contributed by atoms with Gasteiger partial charge in [-0.1, -0.05) is 12.1 Å². The molecule has 0 aliphatic rings. The van der Waals surface area contributed by atoms with Crippen molar-refractivity contribution in [3.8, 4) is 0 Å². The van der Waals surface area contributed by atoms with E-state index in [-0.39, 0.29) is 0 Å². The van der Waals surface area contributed by atoms with Gasteiger partial charge in [-0.05, 0) is 12.1 Å². The zero-order chi connectivity index (χ0) is 29.7. The van der Waals surface area contributed by atoms with Gasteiger partial charge in [-0.25, -0.2) is 4.39 Å². The molecule has 2 atom stereocenters. The number of amides is 1. The summed E-state index contributed by atoms with van der Waals surface area (Å²) in [4.78, 5) is 11.6. The molecule has 0 unspecified atom stereocenters. The zero-order valence-electron chi connectivity index (χ0n) is 16.3. The van der Waals surface area contributed by atoms with Crippen LogP contribution in [0.1, 0.15) is 0 Å². The first-order valence-corrected chi connectivity index (χ1v) is 8.25. The van der Waals surface area contributed by atoms with Crippen LogP contribution in [0.5, 0.6) is 0 Å². The minimum atomic E-state index is -8.13. The lowest BCUT2D eigenvalue weighted by Gasteiger charge is -2.40. The summed E-state index contributed by atoms with van der Waals surface area (Å²) in [5, 5.41) is 0.534. The molecule has 0 bridgehead atoms. The van der Waals surface area contributed by atoms with E-state index >= 15 is 0 Å². The smallest absolute Gasteiger partial charge is 0.318 e. The number of hydrogen-bond donors (Lipinski definition) is 1. The number of nitrogens with one attached hydrogen (secondary N) is 1. The van der Waals surface area contributed by atoms with Crippen LogP contribution in [0.25, 0.3) is 0 Å². The Morgan fingerprint density at radius 2 is 1.08 bits per heavy atom. The molecule has 4 nitrogen and oxygen atoms in total. The minimum absolute atomic E-state index is 0.292.